The highest BCUT2D eigenvalue weighted by atomic mass is 32.1. The average Bonchev–Trinajstić information content (AvgIpc) is 2.96. The van der Waals surface area contributed by atoms with Crippen LogP contribution in [0.1, 0.15) is 20.3 Å². The van der Waals surface area contributed by atoms with Crippen molar-refractivity contribution in [3.05, 3.63) is 28.1 Å². The fourth-order valence-electron chi connectivity index (χ4n) is 2.10. The molecule has 0 saturated carbocycles. The van der Waals surface area contributed by atoms with Crippen LogP contribution in [0, 0.1) is 0 Å². The molecule has 2 rings (SSSR count). The fourth-order valence-corrected chi connectivity index (χ4v) is 2.82. The highest BCUT2D eigenvalue weighted by Gasteiger charge is 2.22. The molecular weight excluding hydrogens is 306 g/mol. The molecular formula is C14H17N3O4S. The lowest BCUT2D eigenvalue weighted by molar-refractivity contribution is -0.146. The Kier molecular flexibility index (Phi) is 4.92. The van der Waals surface area contributed by atoms with Gasteiger partial charge in [0, 0.05) is 6.04 Å². The van der Waals surface area contributed by atoms with Crippen LogP contribution in [0.3, 0.4) is 0 Å². The van der Waals surface area contributed by atoms with E-state index in [0.29, 0.717) is 16.6 Å². The van der Waals surface area contributed by atoms with Crippen molar-refractivity contribution in [2.75, 3.05) is 6.54 Å². The molecule has 7 nitrogen and oxygen atoms in total. The first kappa shape index (κ1) is 16.2. The first-order valence-electron chi connectivity index (χ1n) is 6.88. The summed E-state index contributed by atoms with van der Waals surface area (Å²) in [6.07, 6.45) is 1.96. The zero-order valence-electron chi connectivity index (χ0n) is 12.4. The summed E-state index contributed by atoms with van der Waals surface area (Å²) >= 11 is 1.35. The molecule has 0 radical (unpaired) electrons. The monoisotopic (exact) mass is 323 g/mol. The normalized spacial score (nSPS) is 12.3. The number of aliphatic carboxylic acids is 1. The first-order chi connectivity index (χ1) is 10.4. The van der Waals surface area contributed by atoms with Gasteiger partial charge in [0.15, 0.2) is 0 Å². The van der Waals surface area contributed by atoms with Gasteiger partial charge in [-0.05, 0) is 24.8 Å². The van der Waals surface area contributed by atoms with E-state index < -0.39 is 11.9 Å². The Bertz CT molecular complexity index is 752. The van der Waals surface area contributed by atoms with Crippen molar-refractivity contribution in [3.8, 4) is 0 Å². The Morgan fingerprint density at radius 1 is 1.50 bits per heavy atom. The van der Waals surface area contributed by atoms with Gasteiger partial charge in [-0.15, -0.1) is 11.3 Å². The summed E-state index contributed by atoms with van der Waals surface area (Å²) < 4.78 is 1.22. The van der Waals surface area contributed by atoms with Crippen LogP contribution in [-0.2, 0) is 16.1 Å². The molecule has 118 valence electrons. The van der Waals surface area contributed by atoms with Gasteiger partial charge in [-0.1, -0.05) is 6.92 Å². The number of carboxylic acid groups (broad SMARTS) is 1. The summed E-state index contributed by atoms with van der Waals surface area (Å²) in [5, 5.41) is 11.2. The summed E-state index contributed by atoms with van der Waals surface area (Å²) in [5.74, 6) is -1.48. The molecule has 2 aromatic heterocycles. The molecule has 0 aromatic carbocycles. The molecule has 22 heavy (non-hydrogen) atoms. The summed E-state index contributed by atoms with van der Waals surface area (Å²) in [5.41, 5.74) is -0.293. The van der Waals surface area contributed by atoms with Crippen molar-refractivity contribution in [2.45, 2.75) is 32.9 Å². The van der Waals surface area contributed by atoms with Gasteiger partial charge in [-0.2, -0.15) is 0 Å². The Morgan fingerprint density at radius 3 is 2.86 bits per heavy atom. The van der Waals surface area contributed by atoms with Crippen molar-refractivity contribution < 1.29 is 14.7 Å². The third-order valence-corrected chi connectivity index (χ3v) is 4.33. The predicted octanol–water partition coefficient (Wildman–Crippen LogP) is 1.17. The number of carboxylic acids is 1. The number of thiophene rings is 1. The van der Waals surface area contributed by atoms with E-state index in [1.807, 2.05) is 6.92 Å². The van der Waals surface area contributed by atoms with Gasteiger partial charge in [0.05, 0.1) is 11.7 Å². The van der Waals surface area contributed by atoms with E-state index in [4.69, 9.17) is 5.11 Å². The van der Waals surface area contributed by atoms with Gasteiger partial charge in [0.1, 0.15) is 17.9 Å². The molecule has 2 heterocycles. The molecule has 0 spiro atoms. The van der Waals surface area contributed by atoms with E-state index in [2.05, 4.69) is 4.98 Å². The quantitative estimate of drug-likeness (QED) is 0.861. The molecule has 0 bridgehead atoms. The Hall–Kier alpha value is -2.22. The van der Waals surface area contributed by atoms with Crippen LogP contribution < -0.4 is 5.56 Å². The molecule has 0 aliphatic rings. The average molecular weight is 323 g/mol. The SMILES string of the molecule is CCC(C)N(CC(=O)O)C(=O)Cn1cnc2sccc2c1=O. The fraction of sp³-hybridized carbons (Fsp3) is 0.429. The number of fused-ring (bicyclic) bond motifs is 1. The number of rotatable bonds is 6. The molecule has 1 amide bonds. The molecule has 8 heteroatoms. The van der Waals surface area contributed by atoms with Crippen LogP contribution in [0.5, 0.6) is 0 Å². The van der Waals surface area contributed by atoms with Gasteiger partial charge < -0.3 is 10.0 Å². The van der Waals surface area contributed by atoms with E-state index in [-0.39, 0.29) is 24.7 Å². The Labute approximate surface area is 130 Å². The van der Waals surface area contributed by atoms with Crippen molar-refractivity contribution in [1.82, 2.24) is 14.5 Å². The summed E-state index contributed by atoms with van der Waals surface area (Å²) in [7, 11) is 0. The molecule has 0 fully saturated rings. The van der Waals surface area contributed by atoms with Gasteiger partial charge in [0.25, 0.3) is 5.56 Å². The van der Waals surface area contributed by atoms with Gasteiger partial charge in [-0.3, -0.25) is 19.0 Å². The zero-order chi connectivity index (χ0) is 16.3. The second kappa shape index (κ2) is 6.69. The van der Waals surface area contributed by atoms with Crippen molar-refractivity contribution in [1.29, 1.82) is 0 Å². The summed E-state index contributed by atoms with van der Waals surface area (Å²) in [6.45, 7) is 3.06. The van der Waals surface area contributed by atoms with E-state index >= 15 is 0 Å². The van der Waals surface area contributed by atoms with E-state index in [9.17, 15) is 14.4 Å². The molecule has 2 aromatic rings. The third-order valence-electron chi connectivity index (χ3n) is 3.50. The number of amides is 1. The standard InChI is InChI=1S/C14H17N3O4S/c1-3-9(2)17(7-12(19)20)11(18)6-16-8-15-13-10(14(16)21)4-5-22-13/h4-5,8-9H,3,6-7H2,1-2H3,(H,19,20). The second-order valence-corrected chi connectivity index (χ2v) is 5.88. The minimum absolute atomic E-state index is 0.211. The number of hydrogen-bond acceptors (Lipinski definition) is 5. The number of hydrogen-bond donors (Lipinski definition) is 1. The zero-order valence-corrected chi connectivity index (χ0v) is 13.2. The van der Waals surface area contributed by atoms with Crippen molar-refractivity contribution >= 4 is 33.4 Å². The highest BCUT2D eigenvalue weighted by molar-refractivity contribution is 7.16. The third kappa shape index (κ3) is 3.33. The van der Waals surface area contributed by atoms with Crippen LogP contribution in [0.2, 0.25) is 0 Å². The number of nitrogens with zero attached hydrogens (tertiary/aromatic N) is 3. The lowest BCUT2D eigenvalue weighted by atomic mass is 10.2. The minimum Gasteiger partial charge on any atom is -0.480 e. The molecule has 1 N–H and O–H groups in total. The summed E-state index contributed by atoms with van der Waals surface area (Å²) in [6, 6.07) is 1.46. The van der Waals surface area contributed by atoms with Crippen LogP contribution in [-0.4, -0.2) is 44.0 Å². The van der Waals surface area contributed by atoms with Crippen LogP contribution in [0.15, 0.2) is 22.6 Å². The topological polar surface area (TPSA) is 92.5 Å². The molecule has 0 aliphatic carbocycles. The lowest BCUT2D eigenvalue weighted by Crippen LogP contribution is -2.44. The van der Waals surface area contributed by atoms with E-state index in [1.165, 1.54) is 27.1 Å². The van der Waals surface area contributed by atoms with E-state index in [1.54, 1.807) is 18.4 Å². The minimum atomic E-state index is -1.08. The molecule has 1 unspecified atom stereocenters. The molecule has 0 aliphatic heterocycles. The van der Waals surface area contributed by atoms with Gasteiger partial charge >= 0.3 is 5.97 Å². The Morgan fingerprint density at radius 2 is 2.23 bits per heavy atom. The maximum Gasteiger partial charge on any atom is 0.323 e. The maximum absolute atomic E-state index is 12.4. The van der Waals surface area contributed by atoms with Crippen LogP contribution >= 0.6 is 11.3 Å². The highest BCUT2D eigenvalue weighted by Crippen LogP contribution is 2.13. The maximum atomic E-state index is 12.4. The van der Waals surface area contributed by atoms with E-state index in [0.717, 1.165) is 0 Å². The lowest BCUT2D eigenvalue weighted by Gasteiger charge is -2.27. The number of carbonyl (C=O) groups excluding carboxylic acids is 1. The number of carbonyl (C=O) groups is 2. The predicted molar refractivity (Wildman–Crippen MR) is 83.0 cm³/mol. The first-order valence-corrected chi connectivity index (χ1v) is 7.76. The largest absolute Gasteiger partial charge is 0.480 e. The molecule has 0 saturated heterocycles. The Balaban J connectivity index is 2.25. The molecule has 1 atom stereocenters. The van der Waals surface area contributed by atoms with Crippen molar-refractivity contribution in [3.63, 3.8) is 0 Å². The van der Waals surface area contributed by atoms with Crippen LogP contribution in [0.25, 0.3) is 10.2 Å². The van der Waals surface area contributed by atoms with Crippen molar-refractivity contribution in [2.24, 2.45) is 0 Å². The van der Waals surface area contributed by atoms with Gasteiger partial charge in [0.2, 0.25) is 5.91 Å². The number of aromatic nitrogens is 2. The second-order valence-electron chi connectivity index (χ2n) is 4.99. The van der Waals surface area contributed by atoms with Gasteiger partial charge in [-0.25, -0.2) is 4.98 Å². The van der Waals surface area contributed by atoms with Crippen LogP contribution in [0.4, 0.5) is 0 Å². The summed E-state index contributed by atoms with van der Waals surface area (Å²) in [4.78, 5) is 41.6. The smallest absolute Gasteiger partial charge is 0.323 e.